The number of benzene rings is 1. The van der Waals surface area contributed by atoms with Crippen LogP contribution in [0.25, 0.3) is 0 Å². The van der Waals surface area contributed by atoms with E-state index in [1.165, 1.54) is 18.8 Å². The van der Waals surface area contributed by atoms with Gasteiger partial charge < -0.3 is 10.6 Å². The summed E-state index contributed by atoms with van der Waals surface area (Å²) in [5.74, 6) is 0.815. The lowest BCUT2D eigenvalue weighted by molar-refractivity contribution is 0.195. The van der Waals surface area contributed by atoms with E-state index in [9.17, 15) is 0 Å². The lowest BCUT2D eigenvalue weighted by Gasteiger charge is -2.47. The summed E-state index contributed by atoms with van der Waals surface area (Å²) in [6.07, 6.45) is 0. The van der Waals surface area contributed by atoms with Crippen LogP contribution >= 0.6 is 0 Å². The highest BCUT2D eigenvalue weighted by Gasteiger charge is 2.35. The van der Waals surface area contributed by atoms with Crippen LogP contribution < -0.4 is 10.6 Å². The van der Waals surface area contributed by atoms with Crippen molar-refractivity contribution in [3.63, 3.8) is 0 Å². The van der Waals surface area contributed by atoms with Gasteiger partial charge in [-0.2, -0.15) is 0 Å². The zero-order valence-electron chi connectivity index (χ0n) is 9.83. The monoisotopic (exact) mass is 204 g/mol. The molecule has 1 fully saturated rings. The highest BCUT2D eigenvalue weighted by Crippen LogP contribution is 2.36. The minimum absolute atomic E-state index is 0.435. The molecule has 2 heteroatoms. The average Bonchev–Trinajstić information content (AvgIpc) is 2.03. The minimum atomic E-state index is 0.435. The van der Waals surface area contributed by atoms with Gasteiger partial charge in [-0.1, -0.05) is 20.8 Å². The van der Waals surface area contributed by atoms with E-state index in [1.54, 1.807) is 0 Å². The van der Waals surface area contributed by atoms with Crippen LogP contribution in [0.15, 0.2) is 24.3 Å². The fourth-order valence-corrected chi connectivity index (χ4v) is 1.92. The van der Waals surface area contributed by atoms with Crippen molar-refractivity contribution in [1.82, 2.24) is 0 Å². The summed E-state index contributed by atoms with van der Waals surface area (Å²) in [7, 11) is 0. The van der Waals surface area contributed by atoms with E-state index in [0.717, 1.165) is 11.6 Å². The molecule has 2 rings (SSSR count). The molecule has 0 unspecified atom stereocenters. The molecule has 1 aliphatic rings. The molecule has 0 spiro atoms. The number of nitrogens with zero attached hydrogens (tertiary/aromatic N) is 1. The van der Waals surface area contributed by atoms with Crippen molar-refractivity contribution in [1.29, 1.82) is 0 Å². The molecule has 1 aromatic carbocycles. The van der Waals surface area contributed by atoms with Gasteiger partial charge in [0.15, 0.2) is 0 Å². The zero-order chi connectivity index (χ0) is 11.1. The van der Waals surface area contributed by atoms with E-state index in [2.05, 4.69) is 37.8 Å². The van der Waals surface area contributed by atoms with E-state index < -0.39 is 0 Å². The summed E-state index contributed by atoms with van der Waals surface area (Å²) in [4.78, 5) is 2.41. The maximum atomic E-state index is 5.66. The molecule has 0 bridgehead atoms. The van der Waals surface area contributed by atoms with Crippen molar-refractivity contribution in [3.05, 3.63) is 24.3 Å². The molecular formula is C13H20N2. The largest absolute Gasteiger partial charge is 0.399 e. The van der Waals surface area contributed by atoms with Crippen molar-refractivity contribution >= 4 is 11.4 Å². The Morgan fingerprint density at radius 2 is 1.67 bits per heavy atom. The van der Waals surface area contributed by atoms with E-state index in [4.69, 9.17) is 5.73 Å². The molecule has 0 atom stereocenters. The Labute approximate surface area is 92.1 Å². The number of hydrogen-bond donors (Lipinski definition) is 1. The Morgan fingerprint density at radius 3 is 2.13 bits per heavy atom. The Balaban J connectivity index is 1.98. The first-order valence-corrected chi connectivity index (χ1v) is 5.57. The molecular weight excluding hydrogens is 184 g/mol. The normalized spacial score (nSPS) is 17.7. The van der Waals surface area contributed by atoms with Crippen molar-refractivity contribution < 1.29 is 0 Å². The van der Waals surface area contributed by atoms with Gasteiger partial charge in [-0.15, -0.1) is 0 Å². The van der Waals surface area contributed by atoms with Gasteiger partial charge in [0.05, 0.1) is 0 Å². The average molecular weight is 204 g/mol. The summed E-state index contributed by atoms with van der Waals surface area (Å²) in [6.45, 7) is 9.30. The van der Waals surface area contributed by atoms with Crippen LogP contribution in [-0.2, 0) is 0 Å². The van der Waals surface area contributed by atoms with Gasteiger partial charge in [0.25, 0.3) is 0 Å². The molecule has 82 valence electrons. The molecule has 15 heavy (non-hydrogen) atoms. The molecule has 1 saturated heterocycles. The highest BCUT2D eigenvalue weighted by molar-refractivity contribution is 5.54. The van der Waals surface area contributed by atoms with E-state index in [1.807, 2.05) is 12.1 Å². The van der Waals surface area contributed by atoms with Gasteiger partial charge in [0, 0.05) is 24.5 Å². The topological polar surface area (TPSA) is 29.3 Å². The number of rotatable bonds is 1. The van der Waals surface area contributed by atoms with Gasteiger partial charge >= 0.3 is 0 Å². The molecule has 2 nitrogen and oxygen atoms in total. The van der Waals surface area contributed by atoms with Gasteiger partial charge in [0.1, 0.15) is 0 Å². The third kappa shape index (κ3) is 2.09. The molecule has 0 amide bonds. The van der Waals surface area contributed by atoms with E-state index in [0.29, 0.717) is 5.41 Å². The number of nitrogens with two attached hydrogens (primary N) is 1. The predicted molar refractivity (Wildman–Crippen MR) is 66.0 cm³/mol. The fourth-order valence-electron chi connectivity index (χ4n) is 1.92. The maximum Gasteiger partial charge on any atom is 0.0367 e. The van der Waals surface area contributed by atoms with Gasteiger partial charge in [-0.3, -0.25) is 0 Å². The van der Waals surface area contributed by atoms with Crippen molar-refractivity contribution in [2.24, 2.45) is 11.3 Å². The molecule has 1 heterocycles. The Kier molecular flexibility index (Phi) is 2.37. The third-order valence-electron chi connectivity index (χ3n) is 3.36. The second-order valence-electron chi connectivity index (χ2n) is 5.56. The summed E-state index contributed by atoms with van der Waals surface area (Å²) < 4.78 is 0. The molecule has 1 aliphatic heterocycles. The summed E-state index contributed by atoms with van der Waals surface area (Å²) in [5, 5.41) is 0. The van der Waals surface area contributed by atoms with Crippen LogP contribution in [0.2, 0.25) is 0 Å². The molecule has 0 aromatic heterocycles. The molecule has 2 N–H and O–H groups in total. The van der Waals surface area contributed by atoms with E-state index in [-0.39, 0.29) is 0 Å². The van der Waals surface area contributed by atoms with Crippen LogP contribution in [0.1, 0.15) is 20.8 Å². The molecule has 0 aliphatic carbocycles. The van der Waals surface area contributed by atoms with Crippen LogP contribution in [-0.4, -0.2) is 13.1 Å². The number of nitrogen functional groups attached to an aromatic ring is 1. The molecule has 0 radical (unpaired) electrons. The number of anilines is 2. The van der Waals surface area contributed by atoms with Crippen LogP contribution in [0.4, 0.5) is 11.4 Å². The van der Waals surface area contributed by atoms with Crippen LogP contribution in [0.3, 0.4) is 0 Å². The van der Waals surface area contributed by atoms with Gasteiger partial charge in [0.2, 0.25) is 0 Å². The second kappa shape index (κ2) is 3.44. The summed E-state index contributed by atoms with van der Waals surface area (Å²) >= 11 is 0. The Hall–Kier alpha value is -1.18. The minimum Gasteiger partial charge on any atom is -0.399 e. The standard InChI is InChI=1S/C13H20N2/c1-13(2,3)10-8-15(9-10)12-6-4-11(14)5-7-12/h4-7,10H,8-9,14H2,1-3H3. The molecule has 0 saturated carbocycles. The first kappa shape index (κ1) is 10.3. The van der Waals surface area contributed by atoms with E-state index >= 15 is 0 Å². The van der Waals surface area contributed by atoms with Crippen molar-refractivity contribution in [2.75, 3.05) is 23.7 Å². The van der Waals surface area contributed by atoms with Gasteiger partial charge in [-0.05, 0) is 35.6 Å². The molecule has 1 aromatic rings. The second-order valence-corrected chi connectivity index (χ2v) is 5.56. The zero-order valence-corrected chi connectivity index (χ0v) is 9.83. The van der Waals surface area contributed by atoms with Crippen LogP contribution in [0, 0.1) is 11.3 Å². The van der Waals surface area contributed by atoms with Crippen molar-refractivity contribution in [2.45, 2.75) is 20.8 Å². The van der Waals surface area contributed by atoms with Crippen LogP contribution in [0.5, 0.6) is 0 Å². The summed E-state index contributed by atoms with van der Waals surface area (Å²) in [5.41, 5.74) is 8.23. The smallest absolute Gasteiger partial charge is 0.0367 e. The van der Waals surface area contributed by atoms with Gasteiger partial charge in [-0.25, -0.2) is 0 Å². The lowest BCUT2D eigenvalue weighted by Crippen LogP contribution is -2.52. The lowest BCUT2D eigenvalue weighted by atomic mass is 9.76. The quantitative estimate of drug-likeness (QED) is 0.713. The first-order chi connectivity index (χ1) is 6.97. The number of hydrogen-bond acceptors (Lipinski definition) is 2. The Bertz CT molecular complexity index is 329. The highest BCUT2D eigenvalue weighted by atomic mass is 15.2. The third-order valence-corrected chi connectivity index (χ3v) is 3.36. The fraction of sp³-hybridized carbons (Fsp3) is 0.538. The maximum absolute atomic E-state index is 5.66. The first-order valence-electron chi connectivity index (χ1n) is 5.57. The SMILES string of the molecule is CC(C)(C)C1CN(c2ccc(N)cc2)C1. The predicted octanol–water partition coefficient (Wildman–Crippen LogP) is 2.75. The van der Waals surface area contributed by atoms with Crippen molar-refractivity contribution in [3.8, 4) is 0 Å². The Morgan fingerprint density at radius 1 is 1.13 bits per heavy atom. The summed E-state index contributed by atoms with van der Waals surface area (Å²) in [6, 6.07) is 8.15.